The third-order valence-electron chi connectivity index (χ3n) is 3.93. The van der Waals surface area contributed by atoms with E-state index < -0.39 is 5.60 Å². The molecule has 0 bridgehead atoms. The zero-order valence-electron chi connectivity index (χ0n) is 13.4. The fraction of sp³-hybridized carbons (Fsp3) is 0.867. The largest absolute Gasteiger partial charge is 0.444 e. The van der Waals surface area contributed by atoms with Gasteiger partial charge in [-0.3, -0.25) is 4.79 Å². The van der Waals surface area contributed by atoms with Crippen molar-refractivity contribution in [3.05, 3.63) is 0 Å². The van der Waals surface area contributed by atoms with Crippen LogP contribution in [-0.4, -0.2) is 66.7 Å². The van der Waals surface area contributed by atoms with Crippen molar-refractivity contribution < 1.29 is 14.3 Å². The summed E-state index contributed by atoms with van der Waals surface area (Å²) < 4.78 is 5.36. The van der Waals surface area contributed by atoms with Gasteiger partial charge in [-0.05, 0) is 46.7 Å². The van der Waals surface area contributed by atoms with Gasteiger partial charge in [-0.2, -0.15) is 0 Å². The van der Waals surface area contributed by atoms with Crippen molar-refractivity contribution in [2.75, 3.05) is 39.3 Å². The van der Waals surface area contributed by atoms with Gasteiger partial charge >= 0.3 is 6.09 Å². The highest BCUT2D eigenvalue weighted by Crippen LogP contribution is 2.17. The summed E-state index contributed by atoms with van der Waals surface area (Å²) in [5.41, 5.74) is -0.473. The minimum absolute atomic E-state index is 0.152. The summed E-state index contributed by atoms with van der Waals surface area (Å²) in [5, 5.41) is 3.28. The van der Waals surface area contributed by atoms with E-state index in [-0.39, 0.29) is 17.9 Å². The number of piperidine rings is 1. The Kier molecular flexibility index (Phi) is 5.08. The Morgan fingerprint density at radius 1 is 1.00 bits per heavy atom. The van der Waals surface area contributed by atoms with Crippen molar-refractivity contribution in [1.29, 1.82) is 0 Å². The van der Waals surface area contributed by atoms with Crippen molar-refractivity contribution in [2.45, 2.75) is 39.2 Å². The molecular formula is C15H27N3O3. The normalized spacial score (nSPS) is 21.3. The molecule has 2 rings (SSSR count). The summed E-state index contributed by atoms with van der Waals surface area (Å²) in [5.74, 6) is 0.402. The van der Waals surface area contributed by atoms with Crippen molar-refractivity contribution in [3.8, 4) is 0 Å². The van der Waals surface area contributed by atoms with Crippen LogP contribution in [-0.2, 0) is 9.53 Å². The maximum Gasteiger partial charge on any atom is 0.410 e. The molecule has 0 saturated carbocycles. The van der Waals surface area contributed by atoms with Crippen molar-refractivity contribution in [3.63, 3.8) is 0 Å². The van der Waals surface area contributed by atoms with Crippen molar-refractivity contribution >= 4 is 12.0 Å². The molecule has 0 spiro atoms. The maximum absolute atomic E-state index is 12.4. The molecule has 2 heterocycles. The molecule has 2 aliphatic rings. The lowest BCUT2D eigenvalue weighted by atomic mass is 9.96. The highest BCUT2D eigenvalue weighted by molar-refractivity contribution is 5.79. The van der Waals surface area contributed by atoms with E-state index in [1.54, 1.807) is 4.90 Å². The first kappa shape index (κ1) is 16.1. The summed E-state index contributed by atoms with van der Waals surface area (Å²) in [6.07, 6.45) is 1.56. The van der Waals surface area contributed by atoms with Crippen LogP contribution in [0.25, 0.3) is 0 Å². The zero-order valence-corrected chi connectivity index (χ0v) is 13.4. The van der Waals surface area contributed by atoms with Gasteiger partial charge in [0.05, 0.1) is 0 Å². The van der Waals surface area contributed by atoms with Crippen LogP contribution in [0.2, 0.25) is 0 Å². The average molecular weight is 297 g/mol. The second-order valence-electron chi connectivity index (χ2n) is 6.82. The van der Waals surface area contributed by atoms with Gasteiger partial charge in [0.1, 0.15) is 5.60 Å². The third-order valence-corrected chi connectivity index (χ3v) is 3.93. The lowest BCUT2D eigenvalue weighted by Gasteiger charge is -2.37. The molecule has 21 heavy (non-hydrogen) atoms. The van der Waals surface area contributed by atoms with Gasteiger partial charge in [0.2, 0.25) is 5.91 Å². The van der Waals surface area contributed by atoms with Gasteiger partial charge in [0.25, 0.3) is 0 Å². The topological polar surface area (TPSA) is 61.9 Å². The highest BCUT2D eigenvalue weighted by atomic mass is 16.6. The first-order chi connectivity index (χ1) is 9.87. The number of nitrogens with zero attached hydrogens (tertiary/aromatic N) is 2. The number of hydrogen-bond acceptors (Lipinski definition) is 4. The van der Waals surface area contributed by atoms with Crippen LogP contribution in [0.4, 0.5) is 4.79 Å². The quantitative estimate of drug-likeness (QED) is 0.786. The number of ether oxygens (including phenoxy) is 1. The number of carbonyl (C=O) groups excluding carboxylic acids is 2. The van der Waals surface area contributed by atoms with Crippen LogP contribution in [0.3, 0.4) is 0 Å². The molecule has 0 aliphatic carbocycles. The second kappa shape index (κ2) is 6.64. The molecule has 2 saturated heterocycles. The number of rotatable bonds is 1. The fourth-order valence-corrected chi connectivity index (χ4v) is 2.76. The third kappa shape index (κ3) is 4.59. The van der Waals surface area contributed by atoms with Gasteiger partial charge in [-0.25, -0.2) is 4.79 Å². The first-order valence-electron chi connectivity index (χ1n) is 7.84. The number of hydrogen-bond donors (Lipinski definition) is 1. The number of piperazine rings is 1. The summed E-state index contributed by atoms with van der Waals surface area (Å²) in [7, 11) is 0. The van der Waals surface area contributed by atoms with E-state index in [1.807, 2.05) is 25.7 Å². The van der Waals surface area contributed by atoms with Gasteiger partial charge in [0.15, 0.2) is 0 Å². The van der Waals surface area contributed by atoms with E-state index in [0.29, 0.717) is 26.2 Å². The summed E-state index contributed by atoms with van der Waals surface area (Å²) in [6.45, 7) is 9.79. The van der Waals surface area contributed by atoms with Crippen molar-refractivity contribution in [1.82, 2.24) is 15.1 Å². The van der Waals surface area contributed by atoms with Crippen LogP contribution in [0, 0.1) is 5.92 Å². The maximum atomic E-state index is 12.4. The standard InChI is InChI=1S/C15H27N3O3/c1-15(2,3)21-14(20)18-10-8-17(9-11-18)13(19)12-4-6-16-7-5-12/h12,16H,4-11H2,1-3H3. The minimum Gasteiger partial charge on any atom is -0.444 e. The van der Waals surface area contributed by atoms with Gasteiger partial charge in [-0.1, -0.05) is 0 Å². The Balaban J connectivity index is 1.80. The predicted octanol–water partition coefficient (Wildman–Crippen LogP) is 1.07. The van der Waals surface area contributed by atoms with Gasteiger partial charge in [0, 0.05) is 32.1 Å². The molecule has 2 amide bonds. The van der Waals surface area contributed by atoms with E-state index in [2.05, 4.69) is 5.32 Å². The SMILES string of the molecule is CC(C)(C)OC(=O)N1CCN(C(=O)C2CCNCC2)CC1. The lowest BCUT2D eigenvalue weighted by Crippen LogP contribution is -2.53. The van der Waals surface area contributed by atoms with E-state index in [0.717, 1.165) is 25.9 Å². The van der Waals surface area contributed by atoms with E-state index in [9.17, 15) is 9.59 Å². The van der Waals surface area contributed by atoms with E-state index in [4.69, 9.17) is 4.74 Å². The highest BCUT2D eigenvalue weighted by Gasteiger charge is 2.31. The molecule has 6 heteroatoms. The van der Waals surface area contributed by atoms with Crippen LogP contribution < -0.4 is 5.32 Å². The van der Waals surface area contributed by atoms with Crippen LogP contribution >= 0.6 is 0 Å². The Hall–Kier alpha value is -1.30. The molecule has 0 aromatic rings. The average Bonchev–Trinajstić information content (AvgIpc) is 2.46. The summed E-state index contributed by atoms with van der Waals surface area (Å²) in [6, 6.07) is 0. The number of amides is 2. The number of nitrogens with one attached hydrogen (secondary N) is 1. The van der Waals surface area contributed by atoms with Gasteiger partial charge < -0.3 is 19.9 Å². The molecular weight excluding hydrogens is 270 g/mol. The molecule has 120 valence electrons. The molecule has 2 fully saturated rings. The predicted molar refractivity (Wildman–Crippen MR) is 80.0 cm³/mol. The summed E-state index contributed by atoms with van der Waals surface area (Å²) in [4.78, 5) is 28.0. The van der Waals surface area contributed by atoms with Crippen LogP contribution in [0.5, 0.6) is 0 Å². The Morgan fingerprint density at radius 2 is 1.52 bits per heavy atom. The lowest BCUT2D eigenvalue weighted by molar-refractivity contribution is -0.138. The Morgan fingerprint density at radius 3 is 2.05 bits per heavy atom. The second-order valence-corrected chi connectivity index (χ2v) is 6.82. The van der Waals surface area contributed by atoms with E-state index in [1.165, 1.54) is 0 Å². The van der Waals surface area contributed by atoms with Gasteiger partial charge in [-0.15, -0.1) is 0 Å². The fourth-order valence-electron chi connectivity index (χ4n) is 2.76. The molecule has 0 atom stereocenters. The zero-order chi connectivity index (χ0) is 15.5. The van der Waals surface area contributed by atoms with Crippen LogP contribution in [0.1, 0.15) is 33.6 Å². The van der Waals surface area contributed by atoms with E-state index >= 15 is 0 Å². The van der Waals surface area contributed by atoms with Crippen LogP contribution in [0.15, 0.2) is 0 Å². The molecule has 6 nitrogen and oxygen atoms in total. The molecule has 0 aromatic carbocycles. The first-order valence-corrected chi connectivity index (χ1v) is 7.84. The van der Waals surface area contributed by atoms with Crippen molar-refractivity contribution in [2.24, 2.45) is 5.92 Å². The Labute approximate surface area is 126 Å². The summed E-state index contributed by atoms with van der Waals surface area (Å²) >= 11 is 0. The number of carbonyl (C=O) groups is 2. The molecule has 0 radical (unpaired) electrons. The molecule has 0 aromatic heterocycles. The molecule has 2 aliphatic heterocycles. The molecule has 0 unspecified atom stereocenters. The molecule has 1 N–H and O–H groups in total. The Bertz CT molecular complexity index is 378. The monoisotopic (exact) mass is 297 g/mol. The minimum atomic E-state index is -0.473. The smallest absolute Gasteiger partial charge is 0.410 e.